The van der Waals surface area contributed by atoms with Crippen molar-refractivity contribution in [3.63, 3.8) is 0 Å². The molecule has 4 nitrogen and oxygen atoms in total. The lowest BCUT2D eigenvalue weighted by Gasteiger charge is -2.12. The fraction of sp³-hybridized carbons (Fsp3) is 0.760. The molecule has 0 amide bonds. The molecule has 2 N–H and O–H groups in total. The fourth-order valence-electron chi connectivity index (χ4n) is 4.29. The van der Waals surface area contributed by atoms with Gasteiger partial charge in [0, 0.05) is 11.4 Å². The number of rotatable bonds is 13. The van der Waals surface area contributed by atoms with Gasteiger partial charge in [0.25, 0.3) is 0 Å². The molecule has 2 rings (SSSR count). The standard InChI is InChI=1S/C25H42N2O2S2/c1-3-4-5-6-7-8-9-10-13-16-19-26-25(30)27-23-22(24(28)29-2)20-17-14-11-12-15-18-21(20)31-23/h3-19H2,1-2H3,(H2,26,27,30). The van der Waals surface area contributed by atoms with Crippen LogP contribution in [0.1, 0.15) is 118 Å². The maximum atomic E-state index is 12.5. The molecule has 176 valence electrons. The number of esters is 1. The zero-order valence-corrected chi connectivity index (χ0v) is 21.3. The van der Waals surface area contributed by atoms with Crippen LogP contribution < -0.4 is 10.6 Å². The second kappa shape index (κ2) is 15.6. The molecule has 0 aliphatic heterocycles. The number of nitrogens with one attached hydrogen (secondary N) is 2. The number of carbonyl (C=O) groups excluding carboxylic acids is 1. The number of ether oxygens (including phenoxy) is 1. The highest BCUT2D eigenvalue weighted by atomic mass is 32.1. The molecule has 0 saturated carbocycles. The van der Waals surface area contributed by atoms with Crippen molar-refractivity contribution in [3.8, 4) is 0 Å². The normalized spacial score (nSPS) is 13.7. The van der Waals surface area contributed by atoms with Crippen molar-refractivity contribution >= 4 is 39.6 Å². The van der Waals surface area contributed by atoms with Crippen molar-refractivity contribution in [1.29, 1.82) is 0 Å². The van der Waals surface area contributed by atoms with Gasteiger partial charge < -0.3 is 15.4 Å². The van der Waals surface area contributed by atoms with Gasteiger partial charge in [-0.15, -0.1) is 11.3 Å². The van der Waals surface area contributed by atoms with Gasteiger partial charge in [0.1, 0.15) is 5.00 Å². The maximum Gasteiger partial charge on any atom is 0.341 e. The summed E-state index contributed by atoms with van der Waals surface area (Å²) in [6, 6.07) is 0. The minimum atomic E-state index is -0.252. The van der Waals surface area contributed by atoms with Gasteiger partial charge in [0.15, 0.2) is 5.11 Å². The molecule has 0 unspecified atom stereocenters. The van der Waals surface area contributed by atoms with Gasteiger partial charge >= 0.3 is 5.97 Å². The van der Waals surface area contributed by atoms with E-state index in [-0.39, 0.29) is 5.97 Å². The van der Waals surface area contributed by atoms with Gasteiger partial charge in [0.05, 0.1) is 12.7 Å². The molecule has 1 aliphatic carbocycles. The highest BCUT2D eigenvalue weighted by molar-refractivity contribution is 7.80. The Kier molecular flexibility index (Phi) is 13.2. The van der Waals surface area contributed by atoms with Crippen LogP contribution in [0.15, 0.2) is 0 Å². The van der Waals surface area contributed by atoms with Gasteiger partial charge in [-0.2, -0.15) is 0 Å². The largest absolute Gasteiger partial charge is 0.465 e. The lowest BCUT2D eigenvalue weighted by Crippen LogP contribution is -2.29. The highest BCUT2D eigenvalue weighted by Crippen LogP contribution is 2.37. The molecule has 1 aliphatic rings. The first-order valence-corrected chi connectivity index (χ1v) is 13.7. The van der Waals surface area contributed by atoms with Crippen molar-refractivity contribution < 1.29 is 9.53 Å². The second-order valence-corrected chi connectivity index (χ2v) is 10.2. The number of unbranched alkanes of at least 4 members (excludes halogenated alkanes) is 9. The summed E-state index contributed by atoms with van der Waals surface area (Å²) in [5, 5.41) is 8.07. The SMILES string of the molecule is CCCCCCCCCCCCNC(=S)Nc1sc2c(c1C(=O)OC)CCCCCC2. The van der Waals surface area contributed by atoms with Crippen LogP contribution in [0.25, 0.3) is 0 Å². The number of hydrogen-bond donors (Lipinski definition) is 2. The average molecular weight is 467 g/mol. The molecule has 1 heterocycles. The van der Waals surface area contributed by atoms with Gasteiger partial charge in [-0.25, -0.2) is 4.79 Å². The van der Waals surface area contributed by atoms with Crippen molar-refractivity contribution in [1.82, 2.24) is 5.32 Å². The summed E-state index contributed by atoms with van der Waals surface area (Å²) in [5.74, 6) is -0.252. The Morgan fingerprint density at radius 1 is 0.935 bits per heavy atom. The van der Waals surface area contributed by atoms with E-state index in [0.717, 1.165) is 37.2 Å². The van der Waals surface area contributed by atoms with E-state index in [9.17, 15) is 4.79 Å². The minimum absolute atomic E-state index is 0.252. The van der Waals surface area contributed by atoms with E-state index in [1.807, 2.05) is 0 Å². The van der Waals surface area contributed by atoms with E-state index in [4.69, 9.17) is 17.0 Å². The van der Waals surface area contributed by atoms with Gasteiger partial charge in [-0.3, -0.25) is 0 Å². The van der Waals surface area contributed by atoms with Gasteiger partial charge in [-0.05, 0) is 49.9 Å². The third kappa shape index (κ3) is 9.48. The molecular formula is C25H42N2O2S2. The molecule has 0 atom stereocenters. The Bertz CT molecular complexity index is 673. The number of thiophene rings is 1. The smallest absolute Gasteiger partial charge is 0.341 e. The van der Waals surface area contributed by atoms with Crippen LogP contribution in [-0.4, -0.2) is 24.7 Å². The molecule has 31 heavy (non-hydrogen) atoms. The number of thiocarbonyl (C=S) groups is 1. The molecule has 1 aromatic heterocycles. The molecule has 6 heteroatoms. The first-order valence-electron chi connectivity index (χ1n) is 12.4. The zero-order valence-electron chi connectivity index (χ0n) is 19.7. The van der Waals surface area contributed by atoms with E-state index in [1.54, 1.807) is 11.3 Å². The Morgan fingerprint density at radius 3 is 2.19 bits per heavy atom. The zero-order chi connectivity index (χ0) is 22.3. The minimum Gasteiger partial charge on any atom is -0.465 e. The van der Waals surface area contributed by atoms with E-state index in [1.165, 1.54) is 94.6 Å². The summed E-state index contributed by atoms with van der Waals surface area (Å²) in [6.45, 7) is 3.14. The number of hydrogen-bond acceptors (Lipinski definition) is 4. The number of methoxy groups -OCH3 is 1. The van der Waals surface area contributed by atoms with Crippen LogP contribution in [-0.2, 0) is 17.6 Å². The molecule has 0 bridgehead atoms. The van der Waals surface area contributed by atoms with Crippen LogP contribution in [0, 0.1) is 0 Å². The van der Waals surface area contributed by atoms with Crippen molar-refractivity contribution in [3.05, 3.63) is 16.0 Å². The molecule has 0 radical (unpaired) electrons. The molecule has 1 aromatic rings. The van der Waals surface area contributed by atoms with E-state index >= 15 is 0 Å². The van der Waals surface area contributed by atoms with Gasteiger partial charge in [0.2, 0.25) is 0 Å². The third-order valence-electron chi connectivity index (χ3n) is 6.10. The number of carbonyl (C=O) groups is 1. The Balaban J connectivity index is 1.72. The average Bonchev–Trinajstić information content (AvgIpc) is 3.07. The van der Waals surface area contributed by atoms with Crippen LogP contribution in [0.2, 0.25) is 0 Å². The molecule has 0 spiro atoms. The number of fused-ring (bicyclic) bond motifs is 1. The van der Waals surface area contributed by atoms with Crippen LogP contribution in [0.3, 0.4) is 0 Å². The van der Waals surface area contributed by atoms with E-state index < -0.39 is 0 Å². The molecule has 0 aromatic carbocycles. The molecule has 0 fully saturated rings. The Morgan fingerprint density at radius 2 is 1.55 bits per heavy atom. The lowest BCUT2D eigenvalue weighted by molar-refractivity contribution is 0.0601. The summed E-state index contributed by atoms with van der Waals surface area (Å²) >= 11 is 7.19. The lowest BCUT2D eigenvalue weighted by atomic mass is 9.96. The predicted octanol–water partition coefficient (Wildman–Crippen LogP) is 7.40. The van der Waals surface area contributed by atoms with Crippen molar-refractivity contribution in [2.75, 3.05) is 19.0 Å². The summed E-state index contributed by atoms with van der Waals surface area (Å²) in [6.07, 6.45) is 20.1. The van der Waals surface area contributed by atoms with Gasteiger partial charge in [-0.1, -0.05) is 77.6 Å². The quantitative estimate of drug-likeness (QED) is 0.180. The topological polar surface area (TPSA) is 50.4 Å². The number of aryl methyl sites for hydroxylation is 1. The van der Waals surface area contributed by atoms with E-state index in [0.29, 0.717) is 10.7 Å². The van der Waals surface area contributed by atoms with Crippen LogP contribution in [0.4, 0.5) is 5.00 Å². The van der Waals surface area contributed by atoms with Crippen LogP contribution >= 0.6 is 23.6 Å². The number of anilines is 1. The third-order valence-corrected chi connectivity index (χ3v) is 7.56. The molecular weight excluding hydrogens is 424 g/mol. The first kappa shape index (κ1) is 26.1. The predicted molar refractivity (Wildman–Crippen MR) is 138 cm³/mol. The first-order chi connectivity index (χ1) is 15.2. The Labute approximate surface area is 198 Å². The molecule has 0 saturated heterocycles. The monoisotopic (exact) mass is 466 g/mol. The summed E-state index contributed by atoms with van der Waals surface area (Å²) in [4.78, 5) is 13.8. The highest BCUT2D eigenvalue weighted by Gasteiger charge is 2.25. The van der Waals surface area contributed by atoms with Crippen LogP contribution in [0.5, 0.6) is 0 Å². The van der Waals surface area contributed by atoms with E-state index in [2.05, 4.69) is 17.6 Å². The fourth-order valence-corrected chi connectivity index (χ4v) is 5.84. The van der Waals surface area contributed by atoms with Crippen molar-refractivity contribution in [2.45, 2.75) is 110 Å². The summed E-state index contributed by atoms with van der Waals surface area (Å²) in [7, 11) is 1.46. The second-order valence-electron chi connectivity index (χ2n) is 8.68. The maximum absolute atomic E-state index is 12.5. The Hall–Kier alpha value is -1.14. The summed E-state index contributed by atoms with van der Waals surface area (Å²) < 4.78 is 5.09. The van der Waals surface area contributed by atoms with Crippen molar-refractivity contribution in [2.24, 2.45) is 0 Å². The summed E-state index contributed by atoms with van der Waals surface area (Å²) in [5.41, 5.74) is 1.88.